The third-order valence-corrected chi connectivity index (χ3v) is 2.11. The minimum absolute atomic E-state index is 0. The van der Waals surface area contributed by atoms with Crippen LogP contribution in [0.4, 0.5) is 0 Å². The molecule has 0 bridgehead atoms. The zero-order chi connectivity index (χ0) is 7.68. The SMILES string of the molecule is Cc1cccc(C2CNC2)n1.Cl. The zero-order valence-electron chi connectivity index (χ0n) is 7.08. The fourth-order valence-electron chi connectivity index (χ4n) is 1.29. The van der Waals surface area contributed by atoms with Gasteiger partial charge in [0, 0.05) is 30.4 Å². The number of nitrogens with zero attached hydrogens (tertiary/aromatic N) is 1. The molecule has 0 aliphatic carbocycles. The van der Waals surface area contributed by atoms with E-state index in [1.807, 2.05) is 13.0 Å². The Morgan fingerprint density at radius 1 is 1.42 bits per heavy atom. The Kier molecular flexibility index (Phi) is 3.06. The van der Waals surface area contributed by atoms with Crippen molar-refractivity contribution in [2.24, 2.45) is 0 Å². The van der Waals surface area contributed by atoms with E-state index in [1.54, 1.807) is 0 Å². The van der Waals surface area contributed by atoms with Crippen LogP contribution < -0.4 is 5.32 Å². The van der Waals surface area contributed by atoms with Crippen LogP contribution in [0, 0.1) is 6.92 Å². The molecule has 0 unspecified atom stereocenters. The van der Waals surface area contributed by atoms with E-state index in [9.17, 15) is 0 Å². The molecule has 0 atom stereocenters. The van der Waals surface area contributed by atoms with E-state index < -0.39 is 0 Å². The van der Waals surface area contributed by atoms with Gasteiger partial charge >= 0.3 is 0 Å². The van der Waals surface area contributed by atoms with Crippen LogP contribution in [-0.2, 0) is 0 Å². The number of aromatic nitrogens is 1. The van der Waals surface area contributed by atoms with Crippen LogP contribution in [0.3, 0.4) is 0 Å². The van der Waals surface area contributed by atoms with Crippen molar-refractivity contribution in [3.63, 3.8) is 0 Å². The van der Waals surface area contributed by atoms with E-state index >= 15 is 0 Å². The first kappa shape index (κ1) is 9.49. The largest absolute Gasteiger partial charge is 0.315 e. The molecule has 0 amide bonds. The molecule has 1 fully saturated rings. The van der Waals surface area contributed by atoms with Crippen molar-refractivity contribution in [3.8, 4) is 0 Å². The number of aryl methyl sites for hydroxylation is 1. The van der Waals surface area contributed by atoms with Gasteiger partial charge in [0.05, 0.1) is 0 Å². The average Bonchev–Trinajstić information content (AvgIpc) is 1.83. The summed E-state index contributed by atoms with van der Waals surface area (Å²) in [5.41, 5.74) is 2.36. The summed E-state index contributed by atoms with van der Waals surface area (Å²) in [5.74, 6) is 0.662. The van der Waals surface area contributed by atoms with Crippen LogP contribution in [-0.4, -0.2) is 18.1 Å². The van der Waals surface area contributed by atoms with E-state index in [2.05, 4.69) is 22.4 Å². The normalized spacial score (nSPS) is 16.4. The lowest BCUT2D eigenvalue weighted by Gasteiger charge is -2.26. The molecule has 0 radical (unpaired) electrons. The van der Waals surface area contributed by atoms with Crippen molar-refractivity contribution in [1.29, 1.82) is 0 Å². The van der Waals surface area contributed by atoms with Gasteiger partial charge in [-0.05, 0) is 19.1 Å². The van der Waals surface area contributed by atoms with Crippen molar-refractivity contribution in [2.45, 2.75) is 12.8 Å². The molecule has 0 spiro atoms. The highest BCUT2D eigenvalue weighted by molar-refractivity contribution is 5.85. The van der Waals surface area contributed by atoms with Gasteiger partial charge in [-0.25, -0.2) is 0 Å². The Balaban J connectivity index is 0.000000720. The topological polar surface area (TPSA) is 24.9 Å². The summed E-state index contributed by atoms with van der Waals surface area (Å²) >= 11 is 0. The molecule has 1 aromatic heterocycles. The molecular weight excluding hydrogens is 172 g/mol. The molecule has 1 aliphatic heterocycles. The van der Waals surface area contributed by atoms with Crippen molar-refractivity contribution >= 4 is 12.4 Å². The lowest BCUT2D eigenvalue weighted by Crippen LogP contribution is -2.40. The van der Waals surface area contributed by atoms with Gasteiger partial charge in [-0.15, -0.1) is 12.4 Å². The molecule has 0 saturated carbocycles. The second kappa shape index (κ2) is 3.87. The lowest BCUT2D eigenvalue weighted by atomic mass is 9.99. The Hall–Kier alpha value is -0.600. The van der Waals surface area contributed by atoms with E-state index in [0.29, 0.717) is 5.92 Å². The summed E-state index contributed by atoms with van der Waals surface area (Å²) in [5, 5.41) is 3.24. The molecule has 2 nitrogen and oxygen atoms in total. The second-order valence-corrected chi connectivity index (χ2v) is 3.06. The van der Waals surface area contributed by atoms with Crippen LogP contribution in [0.1, 0.15) is 17.3 Å². The van der Waals surface area contributed by atoms with E-state index in [1.165, 1.54) is 5.69 Å². The molecule has 1 aromatic rings. The van der Waals surface area contributed by atoms with Gasteiger partial charge < -0.3 is 5.32 Å². The Morgan fingerprint density at radius 2 is 2.17 bits per heavy atom. The standard InChI is InChI=1S/C9H12N2.ClH/c1-7-3-2-4-9(11-7)8-5-10-6-8;/h2-4,8,10H,5-6H2,1H3;1H. The molecule has 2 heterocycles. The molecule has 12 heavy (non-hydrogen) atoms. The highest BCUT2D eigenvalue weighted by Crippen LogP contribution is 2.16. The van der Waals surface area contributed by atoms with E-state index in [0.717, 1.165) is 18.8 Å². The first-order chi connectivity index (χ1) is 5.36. The maximum Gasteiger partial charge on any atom is 0.0463 e. The minimum Gasteiger partial charge on any atom is -0.315 e. The minimum atomic E-state index is 0. The fraction of sp³-hybridized carbons (Fsp3) is 0.444. The molecule has 1 aliphatic rings. The number of nitrogens with one attached hydrogen (secondary N) is 1. The fourth-order valence-corrected chi connectivity index (χ4v) is 1.29. The Morgan fingerprint density at radius 3 is 2.67 bits per heavy atom. The summed E-state index contributed by atoms with van der Waals surface area (Å²) < 4.78 is 0. The van der Waals surface area contributed by atoms with Gasteiger partial charge in [0.1, 0.15) is 0 Å². The third-order valence-electron chi connectivity index (χ3n) is 2.11. The summed E-state index contributed by atoms with van der Waals surface area (Å²) in [6.45, 7) is 4.22. The molecule has 3 heteroatoms. The highest BCUT2D eigenvalue weighted by Gasteiger charge is 2.19. The Labute approximate surface area is 78.8 Å². The smallest absolute Gasteiger partial charge is 0.0463 e. The maximum atomic E-state index is 4.46. The predicted octanol–water partition coefficient (Wildman–Crippen LogP) is 1.50. The van der Waals surface area contributed by atoms with Crippen molar-refractivity contribution in [1.82, 2.24) is 10.3 Å². The zero-order valence-corrected chi connectivity index (χ0v) is 7.90. The van der Waals surface area contributed by atoms with Crippen LogP contribution in [0.25, 0.3) is 0 Å². The van der Waals surface area contributed by atoms with Gasteiger partial charge in [0.15, 0.2) is 0 Å². The molecule has 1 N–H and O–H groups in total. The highest BCUT2D eigenvalue weighted by atomic mass is 35.5. The number of pyridine rings is 1. The lowest BCUT2D eigenvalue weighted by molar-refractivity contribution is 0.439. The molecule has 1 saturated heterocycles. The average molecular weight is 185 g/mol. The number of hydrogen-bond donors (Lipinski definition) is 1. The summed E-state index contributed by atoms with van der Waals surface area (Å²) in [4.78, 5) is 4.46. The van der Waals surface area contributed by atoms with Crippen molar-refractivity contribution in [2.75, 3.05) is 13.1 Å². The van der Waals surface area contributed by atoms with Crippen molar-refractivity contribution < 1.29 is 0 Å². The van der Waals surface area contributed by atoms with Gasteiger partial charge in [0.25, 0.3) is 0 Å². The first-order valence-corrected chi connectivity index (χ1v) is 4.00. The first-order valence-electron chi connectivity index (χ1n) is 4.00. The van der Waals surface area contributed by atoms with Crippen LogP contribution in [0.2, 0.25) is 0 Å². The second-order valence-electron chi connectivity index (χ2n) is 3.06. The van der Waals surface area contributed by atoms with Crippen LogP contribution in [0.15, 0.2) is 18.2 Å². The maximum absolute atomic E-state index is 4.46. The van der Waals surface area contributed by atoms with E-state index in [-0.39, 0.29) is 12.4 Å². The van der Waals surface area contributed by atoms with Crippen LogP contribution >= 0.6 is 12.4 Å². The van der Waals surface area contributed by atoms with Gasteiger partial charge in [-0.3, -0.25) is 4.98 Å². The monoisotopic (exact) mass is 184 g/mol. The third kappa shape index (κ3) is 1.76. The van der Waals surface area contributed by atoms with Crippen LogP contribution in [0.5, 0.6) is 0 Å². The Bertz CT molecular complexity index is 258. The molecule has 2 rings (SSSR count). The summed E-state index contributed by atoms with van der Waals surface area (Å²) in [6, 6.07) is 6.23. The van der Waals surface area contributed by atoms with Gasteiger partial charge in [-0.1, -0.05) is 6.07 Å². The number of rotatable bonds is 1. The summed E-state index contributed by atoms with van der Waals surface area (Å²) in [7, 11) is 0. The van der Waals surface area contributed by atoms with Gasteiger partial charge in [-0.2, -0.15) is 0 Å². The summed E-state index contributed by atoms with van der Waals surface area (Å²) in [6.07, 6.45) is 0. The number of hydrogen-bond acceptors (Lipinski definition) is 2. The van der Waals surface area contributed by atoms with E-state index in [4.69, 9.17) is 0 Å². The molecule has 66 valence electrons. The quantitative estimate of drug-likeness (QED) is 0.716. The molecular formula is C9H13ClN2. The number of halogens is 1. The molecule has 0 aromatic carbocycles. The van der Waals surface area contributed by atoms with Crippen molar-refractivity contribution in [3.05, 3.63) is 29.6 Å². The van der Waals surface area contributed by atoms with Gasteiger partial charge in [0.2, 0.25) is 0 Å². The predicted molar refractivity (Wildman–Crippen MR) is 51.8 cm³/mol.